The van der Waals surface area contributed by atoms with E-state index < -0.39 is 23.3 Å². The van der Waals surface area contributed by atoms with Gasteiger partial charge in [0.15, 0.2) is 23.0 Å². The second-order valence-corrected chi connectivity index (χ2v) is 6.05. The Morgan fingerprint density at radius 1 is 0.929 bits per heavy atom. The van der Waals surface area contributed by atoms with Gasteiger partial charge in [0.05, 0.1) is 20.8 Å². The second kappa shape index (κ2) is 6.38. The Morgan fingerprint density at radius 2 is 1.50 bits per heavy atom. The molecule has 0 radical (unpaired) electrons. The lowest BCUT2D eigenvalue weighted by Crippen LogP contribution is -2.29. The topological polar surface area (TPSA) is 122 Å². The minimum atomic E-state index is -0.745. The molecule has 28 heavy (non-hydrogen) atoms. The summed E-state index contributed by atoms with van der Waals surface area (Å²) in [5.41, 5.74) is -0.174. The number of phenolic OH excluding ortho intramolecular Hbond substituents is 2. The maximum absolute atomic E-state index is 12.9. The molecule has 0 saturated carbocycles. The molecule has 1 aliphatic rings. The van der Waals surface area contributed by atoms with Crippen LogP contribution in [0, 0.1) is 0 Å². The Morgan fingerprint density at radius 3 is 2.00 bits per heavy atom. The van der Waals surface area contributed by atoms with E-state index in [1.54, 1.807) is 18.2 Å². The quantitative estimate of drug-likeness (QED) is 0.519. The maximum Gasteiger partial charge on any atom is 0.265 e. The number of benzene rings is 2. The molecule has 1 aliphatic heterocycles. The second-order valence-electron chi connectivity index (χ2n) is 6.05. The molecule has 2 amide bonds. The van der Waals surface area contributed by atoms with Crippen molar-refractivity contribution in [3.8, 4) is 23.0 Å². The van der Waals surface area contributed by atoms with Crippen molar-refractivity contribution in [2.24, 2.45) is 0 Å². The Hall–Kier alpha value is -3.88. The average molecular weight is 381 g/mol. The van der Waals surface area contributed by atoms with Crippen molar-refractivity contribution < 1.29 is 29.3 Å². The van der Waals surface area contributed by atoms with Gasteiger partial charge in [0, 0.05) is 18.0 Å². The number of rotatable bonds is 4. The van der Waals surface area contributed by atoms with E-state index in [-0.39, 0.29) is 28.7 Å². The van der Waals surface area contributed by atoms with Crippen LogP contribution >= 0.6 is 0 Å². The Labute approximate surface area is 158 Å². The molecule has 0 fully saturated rings. The van der Waals surface area contributed by atoms with E-state index in [4.69, 9.17) is 9.47 Å². The van der Waals surface area contributed by atoms with Crippen molar-refractivity contribution in [2.75, 3.05) is 14.2 Å². The molecule has 9 heteroatoms. The van der Waals surface area contributed by atoms with Gasteiger partial charge >= 0.3 is 0 Å². The van der Waals surface area contributed by atoms with Crippen molar-refractivity contribution in [2.45, 2.75) is 6.54 Å². The standard InChI is InChI=1S/C19H15N3O6/c1-27-10-5-3-4-9(17(10)28-2)8-22-18(25)11-12(19(22)26)16(24)14-13(15(11)23)20-6-7-21-14/h3-7,23-24H,8H2,1-2H3. The van der Waals surface area contributed by atoms with Gasteiger partial charge in [0.2, 0.25) is 0 Å². The van der Waals surface area contributed by atoms with Gasteiger partial charge in [0.25, 0.3) is 11.8 Å². The van der Waals surface area contributed by atoms with E-state index in [0.717, 1.165) is 4.90 Å². The fourth-order valence-corrected chi connectivity index (χ4v) is 3.33. The molecular formula is C19H15N3O6. The van der Waals surface area contributed by atoms with Crippen LogP contribution in [0.5, 0.6) is 23.0 Å². The number of phenols is 2. The van der Waals surface area contributed by atoms with Gasteiger partial charge in [-0.15, -0.1) is 0 Å². The molecule has 0 aliphatic carbocycles. The molecule has 4 rings (SSSR count). The van der Waals surface area contributed by atoms with Crippen LogP contribution in [0.1, 0.15) is 26.3 Å². The summed E-state index contributed by atoms with van der Waals surface area (Å²) in [6.45, 7) is -0.136. The molecule has 2 N–H and O–H groups in total. The van der Waals surface area contributed by atoms with Crippen molar-refractivity contribution in [3.63, 3.8) is 0 Å². The summed E-state index contributed by atoms with van der Waals surface area (Å²) in [7, 11) is 2.93. The third-order valence-electron chi connectivity index (χ3n) is 4.60. The number of amides is 2. The predicted octanol–water partition coefficient (Wildman–Crippen LogP) is 1.85. The molecule has 1 aromatic heterocycles. The normalized spacial score (nSPS) is 13.1. The van der Waals surface area contributed by atoms with Gasteiger partial charge < -0.3 is 19.7 Å². The number of aromatic hydroxyl groups is 2. The highest BCUT2D eigenvalue weighted by molar-refractivity contribution is 6.26. The van der Waals surface area contributed by atoms with E-state index in [1.807, 2.05) is 0 Å². The summed E-state index contributed by atoms with van der Waals surface area (Å²) in [6, 6.07) is 5.07. The monoisotopic (exact) mass is 381 g/mol. The number of hydrogen-bond acceptors (Lipinski definition) is 8. The number of methoxy groups -OCH3 is 2. The summed E-state index contributed by atoms with van der Waals surface area (Å²) in [5, 5.41) is 21.0. The number of nitrogens with zero attached hydrogens (tertiary/aromatic N) is 3. The Balaban J connectivity index is 1.83. The minimum Gasteiger partial charge on any atom is -0.505 e. The molecule has 0 saturated heterocycles. The lowest BCUT2D eigenvalue weighted by molar-refractivity contribution is 0.0640. The molecule has 0 unspecified atom stereocenters. The summed E-state index contributed by atoms with van der Waals surface area (Å²) in [5.74, 6) is -1.65. The summed E-state index contributed by atoms with van der Waals surface area (Å²) < 4.78 is 10.6. The fourth-order valence-electron chi connectivity index (χ4n) is 3.33. The summed E-state index contributed by atoms with van der Waals surface area (Å²) in [4.78, 5) is 34.6. The molecule has 0 spiro atoms. The Kier molecular flexibility index (Phi) is 3.99. The zero-order chi connectivity index (χ0) is 20.0. The van der Waals surface area contributed by atoms with Crippen molar-refractivity contribution >= 4 is 22.8 Å². The van der Waals surface area contributed by atoms with E-state index in [2.05, 4.69) is 9.97 Å². The predicted molar refractivity (Wildman–Crippen MR) is 96.6 cm³/mol. The number of ether oxygens (including phenoxy) is 2. The van der Waals surface area contributed by atoms with Crippen LogP contribution in [0.4, 0.5) is 0 Å². The smallest absolute Gasteiger partial charge is 0.265 e. The first kappa shape index (κ1) is 17.5. The van der Waals surface area contributed by atoms with Crippen LogP contribution in [0.15, 0.2) is 30.6 Å². The third-order valence-corrected chi connectivity index (χ3v) is 4.60. The molecule has 3 aromatic rings. The van der Waals surface area contributed by atoms with Crippen LogP contribution in [-0.2, 0) is 6.54 Å². The van der Waals surface area contributed by atoms with Crippen molar-refractivity contribution in [1.82, 2.24) is 14.9 Å². The minimum absolute atomic E-state index is 0.0549. The zero-order valence-electron chi connectivity index (χ0n) is 15.0. The summed E-state index contributed by atoms with van der Waals surface area (Å²) >= 11 is 0. The number of carbonyl (C=O) groups excluding carboxylic acids is 2. The van der Waals surface area contributed by atoms with E-state index in [9.17, 15) is 19.8 Å². The van der Waals surface area contributed by atoms with Crippen LogP contribution in [0.3, 0.4) is 0 Å². The molecular weight excluding hydrogens is 366 g/mol. The first-order valence-corrected chi connectivity index (χ1v) is 8.24. The van der Waals surface area contributed by atoms with E-state index >= 15 is 0 Å². The maximum atomic E-state index is 12.9. The zero-order valence-corrected chi connectivity index (χ0v) is 15.0. The van der Waals surface area contributed by atoms with Gasteiger partial charge in [-0.3, -0.25) is 14.5 Å². The number of carbonyl (C=O) groups is 2. The van der Waals surface area contributed by atoms with Crippen LogP contribution < -0.4 is 9.47 Å². The average Bonchev–Trinajstić information content (AvgIpc) is 2.97. The largest absolute Gasteiger partial charge is 0.505 e. The van der Waals surface area contributed by atoms with E-state index in [1.165, 1.54) is 26.6 Å². The number of aromatic nitrogens is 2. The van der Waals surface area contributed by atoms with Gasteiger partial charge in [0.1, 0.15) is 22.2 Å². The number of fused-ring (bicyclic) bond motifs is 2. The SMILES string of the molecule is COc1cccc(CN2C(=O)c3c(c(O)c4nccnc4c3O)C2=O)c1OC. The van der Waals surface area contributed by atoms with E-state index in [0.29, 0.717) is 17.1 Å². The van der Waals surface area contributed by atoms with Crippen molar-refractivity contribution in [1.29, 1.82) is 0 Å². The van der Waals surface area contributed by atoms with Gasteiger partial charge in [-0.05, 0) is 6.07 Å². The van der Waals surface area contributed by atoms with Crippen LogP contribution in [0.25, 0.3) is 11.0 Å². The van der Waals surface area contributed by atoms with Gasteiger partial charge in [-0.1, -0.05) is 12.1 Å². The first-order valence-electron chi connectivity index (χ1n) is 8.24. The first-order chi connectivity index (χ1) is 13.5. The van der Waals surface area contributed by atoms with Crippen LogP contribution in [-0.4, -0.2) is 51.1 Å². The molecule has 2 aromatic carbocycles. The summed E-state index contributed by atoms with van der Waals surface area (Å²) in [6.07, 6.45) is 2.63. The number of para-hydroxylation sites is 1. The molecule has 0 atom stereocenters. The number of hydrogen-bond donors (Lipinski definition) is 2. The van der Waals surface area contributed by atoms with Crippen molar-refractivity contribution in [3.05, 3.63) is 47.3 Å². The molecule has 0 bridgehead atoms. The lowest BCUT2D eigenvalue weighted by Gasteiger charge is -2.17. The van der Waals surface area contributed by atoms with Gasteiger partial charge in [-0.2, -0.15) is 0 Å². The highest BCUT2D eigenvalue weighted by Crippen LogP contribution is 2.43. The highest BCUT2D eigenvalue weighted by Gasteiger charge is 2.42. The number of imide groups is 1. The highest BCUT2D eigenvalue weighted by atomic mass is 16.5. The van der Waals surface area contributed by atoms with Crippen LogP contribution in [0.2, 0.25) is 0 Å². The Bertz CT molecular complexity index is 1080. The molecule has 142 valence electrons. The molecule has 9 nitrogen and oxygen atoms in total. The fraction of sp³-hybridized carbons (Fsp3) is 0.158. The third kappa shape index (κ3) is 2.33. The van der Waals surface area contributed by atoms with Gasteiger partial charge in [-0.25, -0.2) is 9.97 Å². The molecule has 2 heterocycles. The lowest BCUT2D eigenvalue weighted by atomic mass is 10.1.